The van der Waals surface area contributed by atoms with Gasteiger partial charge in [0.25, 0.3) is 5.91 Å². The summed E-state index contributed by atoms with van der Waals surface area (Å²) in [4.78, 5) is 24.1. The van der Waals surface area contributed by atoms with E-state index in [-0.39, 0.29) is 24.2 Å². The fourth-order valence-corrected chi connectivity index (χ4v) is 1.70. The second kappa shape index (κ2) is 4.45. The number of hydrogen-bond donors (Lipinski definition) is 2. The Morgan fingerprint density at radius 2 is 2.06 bits per heavy atom. The predicted molar refractivity (Wildman–Crippen MR) is 59.8 cm³/mol. The zero-order valence-corrected chi connectivity index (χ0v) is 9.17. The molecule has 1 saturated carbocycles. The van der Waals surface area contributed by atoms with Crippen molar-refractivity contribution in [2.45, 2.75) is 18.9 Å². The predicted octanol–water partition coefficient (Wildman–Crippen LogP) is 1.08. The summed E-state index contributed by atoms with van der Waals surface area (Å²) in [6.07, 6.45) is 1.69. The van der Waals surface area contributed by atoms with E-state index in [1.165, 1.54) is 17.0 Å². The molecule has 1 aromatic rings. The molecular weight excluding hydrogens is 222 g/mol. The fourth-order valence-electron chi connectivity index (χ4n) is 1.70. The van der Waals surface area contributed by atoms with Crippen LogP contribution < -0.4 is 0 Å². The van der Waals surface area contributed by atoms with Crippen molar-refractivity contribution in [3.05, 3.63) is 29.8 Å². The molecule has 1 amide bonds. The number of amides is 1. The molecule has 0 spiro atoms. The minimum Gasteiger partial charge on any atom is -0.508 e. The Morgan fingerprint density at radius 1 is 1.35 bits per heavy atom. The van der Waals surface area contributed by atoms with Crippen LogP contribution >= 0.6 is 0 Å². The molecule has 90 valence electrons. The van der Waals surface area contributed by atoms with Gasteiger partial charge < -0.3 is 15.1 Å². The largest absolute Gasteiger partial charge is 0.508 e. The van der Waals surface area contributed by atoms with E-state index in [1.54, 1.807) is 12.1 Å². The second-order valence-corrected chi connectivity index (χ2v) is 4.11. The number of carboxylic acid groups (broad SMARTS) is 1. The van der Waals surface area contributed by atoms with Crippen molar-refractivity contribution in [2.75, 3.05) is 6.54 Å². The van der Waals surface area contributed by atoms with Crippen LogP contribution in [0.5, 0.6) is 5.75 Å². The van der Waals surface area contributed by atoms with Gasteiger partial charge in [0.15, 0.2) is 0 Å². The molecule has 1 aromatic carbocycles. The Kier molecular flexibility index (Phi) is 2.99. The Labute approximate surface area is 98.3 Å². The van der Waals surface area contributed by atoms with Gasteiger partial charge in [0.1, 0.15) is 12.3 Å². The normalized spacial score (nSPS) is 14.4. The third-order valence-electron chi connectivity index (χ3n) is 2.65. The minimum atomic E-state index is -1.02. The van der Waals surface area contributed by atoms with E-state index in [0.717, 1.165) is 12.8 Å². The first-order valence-electron chi connectivity index (χ1n) is 5.39. The van der Waals surface area contributed by atoms with Crippen molar-refractivity contribution in [3.8, 4) is 5.75 Å². The molecule has 1 aliphatic rings. The van der Waals surface area contributed by atoms with Crippen LogP contribution in [0.3, 0.4) is 0 Å². The number of carbonyl (C=O) groups excluding carboxylic acids is 1. The Balaban J connectivity index is 2.18. The van der Waals surface area contributed by atoms with Crippen molar-refractivity contribution >= 4 is 11.9 Å². The number of carboxylic acids is 1. The first kappa shape index (κ1) is 11.4. The average Bonchev–Trinajstić information content (AvgIpc) is 3.08. The first-order valence-corrected chi connectivity index (χ1v) is 5.39. The van der Waals surface area contributed by atoms with E-state index >= 15 is 0 Å². The highest BCUT2D eigenvalue weighted by Crippen LogP contribution is 2.28. The third-order valence-corrected chi connectivity index (χ3v) is 2.65. The second-order valence-electron chi connectivity index (χ2n) is 4.11. The summed E-state index contributed by atoms with van der Waals surface area (Å²) in [6.45, 7) is -0.293. The van der Waals surface area contributed by atoms with Crippen LogP contribution in [0.2, 0.25) is 0 Å². The third kappa shape index (κ3) is 2.75. The Hall–Kier alpha value is -2.04. The van der Waals surface area contributed by atoms with Gasteiger partial charge in [-0.2, -0.15) is 0 Å². The molecule has 0 radical (unpaired) electrons. The van der Waals surface area contributed by atoms with Crippen LogP contribution in [0.4, 0.5) is 0 Å². The smallest absolute Gasteiger partial charge is 0.323 e. The van der Waals surface area contributed by atoms with E-state index in [0.29, 0.717) is 5.56 Å². The zero-order chi connectivity index (χ0) is 12.4. The first-order chi connectivity index (χ1) is 8.08. The van der Waals surface area contributed by atoms with Crippen molar-refractivity contribution < 1.29 is 19.8 Å². The number of nitrogens with zero attached hydrogens (tertiary/aromatic N) is 1. The number of benzene rings is 1. The lowest BCUT2D eigenvalue weighted by atomic mass is 10.2. The molecule has 2 N–H and O–H groups in total. The van der Waals surface area contributed by atoms with Crippen LogP contribution in [0.1, 0.15) is 23.2 Å². The van der Waals surface area contributed by atoms with Crippen LogP contribution in [-0.4, -0.2) is 39.6 Å². The Bertz CT molecular complexity index is 454. The molecule has 1 fully saturated rings. The summed E-state index contributed by atoms with van der Waals surface area (Å²) in [5.74, 6) is -1.36. The molecule has 0 saturated heterocycles. The van der Waals surface area contributed by atoms with Crippen LogP contribution in [0.25, 0.3) is 0 Å². The monoisotopic (exact) mass is 235 g/mol. The molecule has 0 unspecified atom stereocenters. The summed E-state index contributed by atoms with van der Waals surface area (Å²) < 4.78 is 0. The number of phenols is 1. The maximum Gasteiger partial charge on any atom is 0.323 e. The molecule has 0 aliphatic heterocycles. The van der Waals surface area contributed by atoms with E-state index < -0.39 is 5.97 Å². The van der Waals surface area contributed by atoms with Crippen molar-refractivity contribution in [2.24, 2.45) is 0 Å². The number of rotatable bonds is 4. The zero-order valence-electron chi connectivity index (χ0n) is 9.17. The highest BCUT2D eigenvalue weighted by atomic mass is 16.4. The van der Waals surface area contributed by atoms with Crippen molar-refractivity contribution in [1.29, 1.82) is 0 Å². The van der Waals surface area contributed by atoms with Gasteiger partial charge in [-0.05, 0) is 31.0 Å². The van der Waals surface area contributed by atoms with Gasteiger partial charge in [-0.25, -0.2) is 0 Å². The van der Waals surface area contributed by atoms with Gasteiger partial charge in [0.05, 0.1) is 0 Å². The molecule has 0 aromatic heterocycles. The summed E-state index contributed by atoms with van der Waals surface area (Å²) in [5.41, 5.74) is 0.318. The number of hydrogen-bond acceptors (Lipinski definition) is 3. The lowest BCUT2D eigenvalue weighted by Crippen LogP contribution is -2.37. The molecule has 5 nitrogen and oxygen atoms in total. The van der Waals surface area contributed by atoms with Gasteiger partial charge in [-0.1, -0.05) is 6.07 Å². The van der Waals surface area contributed by atoms with Crippen LogP contribution in [0.15, 0.2) is 24.3 Å². The summed E-state index contributed by atoms with van der Waals surface area (Å²) >= 11 is 0. The van der Waals surface area contributed by atoms with Crippen LogP contribution in [0, 0.1) is 0 Å². The molecule has 2 rings (SSSR count). The lowest BCUT2D eigenvalue weighted by molar-refractivity contribution is -0.137. The number of aliphatic carboxylic acids is 1. The van der Waals surface area contributed by atoms with E-state index in [9.17, 15) is 14.7 Å². The van der Waals surface area contributed by atoms with Crippen molar-refractivity contribution in [3.63, 3.8) is 0 Å². The van der Waals surface area contributed by atoms with Gasteiger partial charge in [0, 0.05) is 11.6 Å². The molecule has 1 aliphatic carbocycles. The SMILES string of the molecule is O=C(O)CN(C(=O)c1cccc(O)c1)C1CC1. The number of carbonyl (C=O) groups is 2. The highest BCUT2D eigenvalue weighted by Gasteiger charge is 2.34. The van der Waals surface area contributed by atoms with Gasteiger partial charge in [-0.15, -0.1) is 0 Å². The number of aromatic hydroxyl groups is 1. The Morgan fingerprint density at radius 3 is 2.59 bits per heavy atom. The molecule has 5 heteroatoms. The van der Waals surface area contributed by atoms with E-state index in [1.807, 2.05) is 0 Å². The van der Waals surface area contributed by atoms with Gasteiger partial charge in [0.2, 0.25) is 0 Å². The quantitative estimate of drug-likeness (QED) is 0.818. The summed E-state index contributed by atoms with van der Waals surface area (Å²) in [5, 5.41) is 18.1. The average molecular weight is 235 g/mol. The topological polar surface area (TPSA) is 77.8 Å². The number of phenolic OH excluding ortho intramolecular Hbond substituents is 1. The van der Waals surface area contributed by atoms with E-state index in [4.69, 9.17) is 5.11 Å². The van der Waals surface area contributed by atoms with Crippen molar-refractivity contribution in [1.82, 2.24) is 4.90 Å². The van der Waals surface area contributed by atoms with Crippen LogP contribution in [-0.2, 0) is 4.79 Å². The summed E-state index contributed by atoms with van der Waals surface area (Å²) in [6, 6.07) is 5.98. The van der Waals surface area contributed by atoms with Gasteiger partial charge >= 0.3 is 5.97 Å². The summed E-state index contributed by atoms with van der Waals surface area (Å²) in [7, 11) is 0. The molecule has 0 bridgehead atoms. The van der Waals surface area contributed by atoms with E-state index in [2.05, 4.69) is 0 Å². The molecule has 17 heavy (non-hydrogen) atoms. The highest BCUT2D eigenvalue weighted by molar-refractivity contribution is 5.96. The minimum absolute atomic E-state index is 0.00178. The molecule has 0 heterocycles. The molecular formula is C12H13NO4. The standard InChI is InChI=1S/C12H13NO4/c14-10-3-1-2-8(6-10)12(17)13(7-11(15)16)9-4-5-9/h1-3,6,9,14H,4-5,7H2,(H,15,16). The molecule has 0 atom stereocenters. The maximum absolute atomic E-state index is 12.1. The fraction of sp³-hybridized carbons (Fsp3) is 0.333. The maximum atomic E-state index is 12.1. The van der Waals surface area contributed by atoms with Gasteiger partial charge in [-0.3, -0.25) is 9.59 Å². The lowest BCUT2D eigenvalue weighted by Gasteiger charge is -2.20.